The van der Waals surface area contributed by atoms with Crippen LogP contribution in [0.3, 0.4) is 0 Å². The minimum absolute atomic E-state index is 0.000849. The maximum absolute atomic E-state index is 10.9. The molecule has 1 aromatic heterocycles. The van der Waals surface area contributed by atoms with E-state index in [2.05, 4.69) is 9.97 Å². The quantitative estimate of drug-likeness (QED) is 0.632. The molecule has 0 N–H and O–H groups in total. The largest absolute Gasteiger partial charge is 0.497 e. The normalized spacial score (nSPS) is 10.0. The molecule has 0 saturated carbocycles. The van der Waals surface area contributed by atoms with Gasteiger partial charge in [-0.3, -0.25) is 15.1 Å². The first-order valence-electron chi connectivity index (χ1n) is 5.08. The standard InChI is InChI=1S/C11H8ClN3O4/c1-18-7-2-3-8(15(16)17)9(4-7)19-11-6-13-5-10(12)14-11/h2-6H,1H3. The van der Waals surface area contributed by atoms with Gasteiger partial charge in [0.2, 0.25) is 11.6 Å². The van der Waals surface area contributed by atoms with Gasteiger partial charge in [0.1, 0.15) is 5.75 Å². The molecule has 2 aromatic rings. The molecule has 0 spiro atoms. The van der Waals surface area contributed by atoms with Gasteiger partial charge in [0.15, 0.2) is 5.15 Å². The van der Waals surface area contributed by atoms with Crippen molar-refractivity contribution in [2.24, 2.45) is 0 Å². The van der Waals surface area contributed by atoms with E-state index in [9.17, 15) is 10.1 Å². The lowest BCUT2D eigenvalue weighted by molar-refractivity contribution is -0.385. The molecule has 1 heterocycles. The topological polar surface area (TPSA) is 87.4 Å². The van der Waals surface area contributed by atoms with E-state index in [1.807, 2.05) is 0 Å². The molecule has 0 amide bonds. The molecule has 7 nitrogen and oxygen atoms in total. The van der Waals surface area contributed by atoms with Crippen LogP contribution in [0.2, 0.25) is 5.15 Å². The van der Waals surface area contributed by atoms with Crippen LogP contribution < -0.4 is 9.47 Å². The summed E-state index contributed by atoms with van der Waals surface area (Å²) < 4.78 is 10.3. The Hall–Kier alpha value is -2.41. The molecular weight excluding hydrogens is 274 g/mol. The fraction of sp³-hybridized carbons (Fsp3) is 0.0909. The summed E-state index contributed by atoms with van der Waals surface area (Å²) in [6.45, 7) is 0. The number of nitro groups is 1. The third-order valence-electron chi connectivity index (χ3n) is 2.16. The Morgan fingerprint density at radius 2 is 2.16 bits per heavy atom. The van der Waals surface area contributed by atoms with E-state index < -0.39 is 4.92 Å². The maximum Gasteiger partial charge on any atom is 0.311 e. The van der Waals surface area contributed by atoms with Gasteiger partial charge in [-0.1, -0.05) is 11.6 Å². The molecule has 0 saturated heterocycles. The number of methoxy groups -OCH3 is 1. The average Bonchev–Trinajstić information content (AvgIpc) is 2.38. The maximum atomic E-state index is 10.9. The summed E-state index contributed by atoms with van der Waals surface area (Å²) in [5.74, 6) is 0.486. The first kappa shape index (κ1) is 13.0. The van der Waals surface area contributed by atoms with Gasteiger partial charge in [0, 0.05) is 12.1 Å². The van der Waals surface area contributed by atoms with Crippen molar-refractivity contribution in [3.05, 3.63) is 45.9 Å². The number of aromatic nitrogens is 2. The second-order valence-corrected chi connectivity index (χ2v) is 3.76. The highest BCUT2D eigenvalue weighted by atomic mass is 35.5. The summed E-state index contributed by atoms with van der Waals surface area (Å²) in [5.41, 5.74) is -0.206. The number of nitro benzene ring substituents is 1. The van der Waals surface area contributed by atoms with Gasteiger partial charge in [-0.2, -0.15) is 4.98 Å². The van der Waals surface area contributed by atoms with Crippen molar-refractivity contribution >= 4 is 17.3 Å². The van der Waals surface area contributed by atoms with Crippen LogP contribution in [0, 0.1) is 10.1 Å². The number of hydrogen-bond donors (Lipinski definition) is 0. The summed E-state index contributed by atoms with van der Waals surface area (Å²) in [6, 6.07) is 4.14. The van der Waals surface area contributed by atoms with Crippen LogP contribution >= 0.6 is 11.6 Å². The molecule has 0 aliphatic heterocycles. The Bertz CT molecular complexity index is 621. The second-order valence-electron chi connectivity index (χ2n) is 3.37. The molecule has 0 fully saturated rings. The SMILES string of the molecule is COc1ccc([N+](=O)[O-])c(Oc2cncc(Cl)n2)c1. The monoisotopic (exact) mass is 281 g/mol. The van der Waals surface area contributed by atoms with Gasteiger partial charge in [-0.25, -0.2) is 0 Å². The summed E-state index contributed by atoms with van der Waals surface area (Å²) >= 11 is 5.66. The molecule has 2 rings (SSSR count). The van der Waals surface area contributed by atoms with Crippen molar-refractivity contribution in [2.45, 2.75) is 0 Å². The first-order chi connectivity index (χ1) is 9.10. The highest BCUT2D eigenvalue weighted by molar-refractivity contribution is 6.29. The summed E-state index contributed by atoms with van der Waals surface area (Å²) in [6.07, 6.45) is 2.63. The van der Waals surface area contributed by atoms with Crippen molar-refractivity contribution in [2.75, 3.05) is 7.11 Å². The molecule has 0 aliphatic carbocycles. The van der Waals surface area contributed by atoms with E-state index in [0.29, 0.717) is 5.75 Å². The number of hydrogen-bond acceptors (Lipinski definition) is 6. The van der Waals surface area contributed by atoms with Gasteiger partial charge >= 0.3 is 5.69 Å². The van der Waals surface area contributed by atoms with Crippen LogP contribution in [0.1, 0.15) is 0 Å². The van der Waals surface area contributed by atoms with Crippen molar-refractivity contribution in [3.8, 4) is 17.4 Å². The molecular formula is C11H8ClN3O4. The van der Waals surface area contributed by atoms with Crippen molar-refractivity contribution in [1.29, 1.82) is 0 Å². The Balaban J connectivity index is 2.39. The van der Waals surface area contributed by atoms with E-state index in [4.69, 9.17) is 21.1 Å². The number of benzene rings is 1. The van der Waals surface area contributed by atoms with Gasteiger partial charge in [-0.05, 0) is 6.07 Å². The van der Waals surface area contributed by atoms with Gasteiger partial charge in [0.05, 0.1) is 24.4 Å². The zero-order valence-electron chi connectivity index (χ0n) is 9.74. The lowest BCUT2D eigenvalue weighted by Crippen LogP contribution is -1.96. The zero-order chi connectivity index (χ0) is 13.8. The predicted molar refractivity (Wildman–Crippen MR) is 66.8 cm³/mol. The third-order valence-corrected chi connectivity index (χ3v) is 2.34. The van der Waals surface area contributed by atoms with E-state index in [1.54, 1.807) is 0 Å². The van der Waals surface area contributed by atoms with E-state index in [-0.39, 0.29) is 22.5 Å². The van der Waals surface area contributed by atoms with Gasteiger partial charge in [-0.15, -0.1) is 0 Å². The van der Waals surface area contributed by atoms with E-state index >= 15 is 0 Å². The minimum atomic E-state index is -0.563. The molecule has 0 atom stereocenters. The van der Waals surface area contributed by atoms with Crippen LogP contribution in [0.5, 0.6) is 17.4 Å². The highest BCUT2D eigenvalue weighted by Gasteiger charge is 2.17. The highest BCUT2D eigenvalue weighted by Crippen LogP contribution is 2.33. The number of rotatable bonds is 4. The van der Waals surface area contributed by atoms with Crippen LogP contribution in [0.25, 0.3) is 0 Å². The Labute approximate surface area is 112 Å². The molecule has 0 unspecified atom stereocenters. The molecule has 19 heavy (non-hydrogen) atoms. The predicted octanol–water partition coefficient (Wildman–Crippen LogP) is 2.84. The van der Waals surface area contributed by atoms with E-state index in [1.165, 1.54) is 37.7 Å². The summed E-state index contributed by atoms with van der Waals surface area (Å²) in [7, 11) is 1.45. The zero-order valence-corrected chi connectivity index (χ0v) is 10.5. The second kappa shape index (κ2) is 5.49. The molecule has 0 aliphatic rings. The third kappa shape index (κ3) is 3.08. The van der Waals surface area contributed by atoms with Crippen molar-refractivity contribution in [1.82, 2.24) is 9.97 Å². The minimum Gasteiger partial charge on any atom is -0.497 e. The molecule has 98 valence electrons. The van der Waals surface area contributed by atoms with Crippen LogP contribution in [-0.2, 0) is 0 Å². The Morgan fingerprint density at radius 3 is 2.79 bits per heavy atom. The lowest BCUT2D eigenvalue weighted by Gasteiger charge is -2.07. The van der Waals surface area contributed by atoms with Crippen LogP contribution in [0.4, 0.5) is 5.69 Å². The fourth-order valence-electron chi connectivity index (χ4n) is 1.34. The number of ether oxygens (including phenoxy) is 2. The van der Waals surface area contributed by atoms with Gasteiger partial charge in [0.25, 0.3) is 0 Å². The molecule has 0 radical (unpaired) electrons. The summed E-state index contributed by atoms with van der Waals surface area (Å²) in [4.78, 5) is 18.0. The first-order valence-corrected chi connectivity index (χ1v) is 5.46. The van der Waals surface area contributed by atoms with Crippen molar-refractivity contribution < 1.29 is 14.4 Å². The smallest absolute Gasteiger partial charge is 0.311 e. The van der Waals surface area contributed by atoms with Crippen LogP contribution in [0.15, 0.2) is 30.6 Å². The number of nitrogens with zero attached hydrogens (tertiary/aromatic N) is 3. The molecule has 8 heteroatoms. The molecule has 1 aromatic carbocycles. The Morgan fingerprint density at radius 1 is 1.37 bits per heavy atom. The summed E-state index contributed by atoms with van der Waals surface area (Å²) in [5, 5.41) is 11.0. The average molecular weight is 282 g/mol. The lowest BCUT2D eigenvalue weighted by atomic mass is 10.3. The van der Waals surface area contributed by atoms with Crippen molar-refractivity contribution in [3.63, 3.8) is 0 Å². The van der Waals surface area contributed by atoms with Crippen LogP contribution in [-0.4, -0.2) is 22.0 Å². The molecule has 0 bridgehead atoms. The number of halogens is 1. The fourth-order valence-corrected chi connectivity index (χ4v) is 1.48. The van der Waals surface area contributed by atoms with E-state index in [0.717, 1.165) is 0 Å². The van der Waals surface area contributed by atoms with Gasteiger partial charge < -0.3 is 9.47 Å². The Kier molecular flexibility index (Phi) is 3.76.